The van der Waals surface area contributed by atoms with Gasteiger partial charge in [-0.15, -0.1) is 0 Å². The second-order valence-corrected chi connectivity index (χ2v) is 6.05. The maximum atomic E-state index is 12.7. The van der Waals surface area contributed by atoms with Crippen LogP contribution in [-0.2, 0) is 0 Å². The Morgan fingerprint density at radius 3 is 2.29 bits per heavy atom. The van der Waals surface area contributed by atoms with Gasteiger partial charge in [0, 0.05) is 15.6 Å². The molecule has 21 heavy (non-hydrogen) atoms. The zero-order valence-electron chi connectivity index (χ0n) is 12.2. The average Bonchev–Trinajstić information content (AvgIpc) is 2.54. The highest BCUT2D eigenvalue weighted by Gasteiger charge is 2.29. The van der Waals surface area contributed by atoms with Crippen LogP contribution in [0, 0.1) is 17.3 Å². The van der Waals surface area contributed by atoms with Crippen molar-refractivity contribution in [3.63, 3.8) is 0 Å². The molecule has 0 amide bonds. The van der Waals surface area contributed by atoms with Crippen molar-refractivity contribution in [2.24, 2.45) is 5.41 Å². The molecule has 0 radical (unpaired) electrons. The minimum absolute atomic E-state index is 0.0789. The smallest absolute Gasteiger partial charge is 0.180 e. The van der Waals surface area contributed by atoms with E-state index in [1.165, 1.54) is 0 Å². The van der Waals surface area contributed by atoms with E-state index in [4.69, 9.17) is 0 Å². The molecule has 0 spiro atoms. The van der Waals surface area contributed by atoms with Crippen LogP contribution in [0.25, 0.3) is 0 Å². The standard InChI is InChI=1S/C19H17BrO/c1-3-19(2,18(21)16-7-5-4-6-8-16)14-13-15-9-11-17(20)12-10-15/h4-12H,3H2,1-2H3. The summed E-state index contributed by atoms with van der Waals surface area (Å²) in [4.78, 5) is 12.7. The Bertz CT molecular complexity index is 677. The van der Waals surface area contributed by atoms with Crippen molar-refractivity contribution in [1.29, 1.82) is 0 Å². The van der Waals surface area contributed by atoms with Gasteiger partial charge in [-0.1, -0.05) is 65.0 Å². The molecule has 1 atom stereocenters. The van der Waals surface area contributed by atoms with E-state index in [1.54, 1.807) is 0 Å². The van der Waals surface area contributed by atoms with Crippen LogP contribution in [0.3, 0.4) is 0 Å². The fraction of sp³-hybridized carbons (Fsp3) is 0.211. The van der Waals surface area contributed by atoms with E-state index in [-0.39, 0.29) is 5.78 Å². The van der Waals surface area contributed by atoms with Gasteiger partial charge in [-0.25, -0.2) is 0 Å². The fourth-order valence-corrected chi connectivity index (χ4v) is 2.22. The van der Waals surface area contributed by atoms with Crippen LogP contribution in [0.15, 0.2) is 59.1 Å². The second-order valence-electron chi connectivity index (χ2n) is 5.14. The normalized spacial score (nSPS) is 12.9. The van der Waals surface area contributed by atoms with Crippen LogP contribution in [-0.4, -0.2) is 5.78 Å². The SMILES string of the molecule is CCC(C)(C#Cc1ccc(Br)cc1)C(=O)c1ccccc1. The summed E-state index contributed by atoms with van der Waals surface area (Å²) >= 11 is 3.40. The molecule has 2 aromatic carbocycles. The molecule has 0 N–H and O–H groups in total. The Morgan fingerprint density at radius 2 is 1.71 bits per heavy atom. The van der Waals surface area contributed by atoms with Crippen LogP contribution in [0.4, 0.5) is 0 Å². The average molecular weight is 341 g/mol. The highest BCUT2D eigenvalue weighted by atomic mass is 79.9. The first-order valence-electron chi connectivity index (χ1n) is 6.94. The maximum absolute atomic E-state index is 12.7. The number of Topliss-reactive ketones (excluding diaryl/α,β-unsaturated/α-hetero) is 1. The van der Waals surface area contributed by atoms with Crippen molar-refractivity contribution in [1.82, 2.24) is 0 Å². The van der Waals surface area contributed by atoms with Crippen molar-refractivity contribution in [3.8, 4) is 11.8 Å². The number of ketones is 1. The monoisotopic (exact) mass is 340 g/mol. The third-order valence-electron chi connectivity index (χ3n) is 3.57. The van der Waals surface area contributed by atoms with Crippen molar-refractivity contribution >= 4 is 21.7 Å². The van der Waals surface area contributed by atoms with E-state index in [9.17, 15) is 4.79 Å². The Kier molecular flexibility index (Phi) is 4.98. The number of halogens is 1. The van der Waals surface area contributed by atoms with E-state index < -0.39 is 5.41 Å². The number of carbonyl (C=O) groups is 1. The maximum Gasteiger partial charge on any atom is 0.180 e. The molecule has 0 aliphatic rings. The molecule has 1 nitrogen and oxygen atoms in total. The summed E-state index contributed by atoms with van der Waals surface area (Å²) in [7, 11) is 0. The molecule has 0 heterocycles. The first-order chi connectivity index (χ1) is 10.0. The second kappa shape index (κ2) is 6.74. The number of carbonyl (C=O) groups excluding carboxylic acids is 1. The Balaban J connectivity index is 2.30. The Labute approximate surface area is 134 Å². The van der Waals surface area contributed by atoms with Gasteiger partial charge in [0.2, 0.25) is 0 Å². The molecule has 2 heteroatoms. The van der Waals surface area contributed by atoms with Crippen molar-refractivity contribution in [2.45, 2.75) is 20.3 Å². The van der Waals surface area contributed by atoms with E-state index >= 15 is 0 Å². The molecular weight excluding hydrogens is 324 g/mol. The molecule has 0 aromatic heterocycles. The van der Waals surface area contributed by atoms with Crippen LogP contribution in [0.1, 0.15) is 36.2 Å². The van der Waals surface area contributed by atoms with Gasteiger partial charge in [0.05, 0.1) is 5.41 Å². The summed E-state index contributed by atoms with van der Waals surface area (Å²) in [5.74, 6) is 6.37. The lowest BCUT2D eigenvalue weighted by Gasteiger charge is -2.20. The Hall–Kier alpha value is -1.85. The van der Waals surface area contributed by atoms with Crippen LogP contribution >= 0.6 is 15.9 Å². The van der Waals surface area contributed by atoms with Gasteiger partial charge >= 0.3 is 0 Å². The molecule has 0 bridgehead atoms. The lowest BCUT2D eigenvalue weighted by atomic mass is 9.80. The summed E-state index contributed by atoms with van der Waals surface area (Å²) in [6.45, 7) is 3.91. The summed E-state index contributed by atoms with van der Waals surface area (Å²) in [5.41, 5.74) is 0.972. The Morgan fingerprint density at radius 1 is 1.10 bits per heavy atom. The van der Waals surface area contributed by atoms with Crippen LogP contribution in [0.2, 0.25) is 0 Å². The number of benzene rings is 2. The third-order valence-corrected chi connectivity index (χ3v) is 4.10. The molecule has 2 aromatic rings. The highest BCUT2D eigenvalue weighted by molar-refractivity contribution is 9.10. The van der Waals surface area contributed by atoms with Gasteiger partial charge < -0.3 is 0 Å². The quantitative estimate of drug-likeness (QED) is 0.561. The molecule has 1 unspecified atom stereocenters. The molecule has 0 aliphatic carbocycles. The van der Waals surface area contributed by atoms with Gasteiger partial charge in [-0.2, -0.15) is 0 Å². The zero-order valence-corrected chi connectivity index (χ0v) is 13.8. The number of hydrogen-bond acceptors (Lipinski definition) is 1. The topological polar surface area (TPSA) is 17.1 Å². The van der Waals surface area contributed by atoms with Gasteiger partial charge in [0.25, 0.3) is 0 Å². The lowest BCUT2D eigenvalue weighted by molar-refractivity contribution is 0.0874. The minimum atomic E-state index is -0.658. The van der Waals surface area contributed by atoms with Gasteiger partial charge in [-0.3, -0.25) is 4.79 Å². The summed E-state index contributed by atoms with van der Waals surface area (Å²) in [5, 5.41) is 0. The fourth-order valence-electron chi connectivity index (χ4n) is 1.96. The predicted molar refractivity (Wildman–Crippen MR) is 90.2 cm³/mol. The molecule has 0 saturated carbocycles. The highest BCUT2D eigenvalue weighted by Crippen LogP contribution is 2.26. The predicted octanol–water partition coefficient (Wildman–Crippen LogP) is 5.10. The van der Waals surface area contributed by atoms with Crippen molar-refractivity contribution < 1.29 is 4.79 Å². The van der Waals surface area contributed by atoms with E-state index in [1.807, 2.05) is 68.4 Å². The van der Waals surface area contributed by atoms with Crippen LogP contribution in [0.5, 0.6) is 0 Å². The largest absolute Gasteiger partial charge is 0.292 e. The van der Waals surface area contributed by atoms with E-state index in [0.29, 0.717) is 12.0 Å². The third kappa shape index (κ3) is 3.83. The van der Waals surface area contributed by atoms with Gasteiger partial charge in [0.15, 0.2) is 5.78 Å². The summed E-state index contributed by atoms with van der Waals surface area (Å²) in [6, 6.07) is 17.2. The van der Waals surface area contributed by atoms with E-state index in [0.717, 1.165) is 10.0 Å². The molecule has 0 fully saturated rings. The van der Waals surface area contributed by atoms with E-state index in [2.05, 4.69) is 27.8 Å². The number of rotatable bonds is 3. The van der Waals surface area contributed by atoms with Gasteiger partial charge in [0.1, 0.15) is 0 Å². The van der Waals surface area contributed by atoms with Crippen molar-refractivity contribution in [3.05, 3.63) is 70.2 Å². The molecular formula is C19H17BrO. The lowest BCUT2D eigenvalue weighted by Crippen LogP contribution is -2.25. The van der Waals surface area contributed by atoms with Gasteiger partial charge in [-0.05, 0) is 37.6 Å². The first kappa shape index (κ1) is 15.5. The summed E-state index contributed by atoms with van der Waals surface area (Å²) in [6.07, 6.45) is 0.685. The van der Waals surface area contributed by atoms with Crippen molar-refractivity contribution in [2.75, 3.05) is 0 Å². The minimum Gasteiger partial charge on any atom is -0.292 e. The molecule has 2 rings (SSSR count). The zero-order chi connectivity index (χ0) is 15.3. The van der Waals surface area contributed by atoms with Crippen LogP contribution < -0.4 is 0 Å². The summed E-state index contributed by atoms with van der Waals surface area (Å²) < 4.78 is 1.02. The first-order valence-corrected chi connectivity index (χ1v) is 7.73. The molecule has 0 aliphatic heterocycles. The number of hydrogen-bond donors (Lipinski definition) is 0. The molecule has 106 valence electrons. The molecule has 0 saturated heterocycles.